The summed E-state index contributed by atoms with van der Waals surface area (Å²) in [5, 5.41) is 14.4. The van der Waals surface area contributed by atoms with Crippen LogP contribution in [-0.2, 0) is 39.7 Å². The van der Waals surface area contributed by atoms with Crippen LogP contribution in [-0.4, -0.2) is 106 Å². The zero-order valence-electron chi connectivity index (χ0n) is 28.3. The van der Waals surface area contributed by atoms with E-state index in [9.17, 15) is 14.4 Å². The van der Waals surface area contributed by atoms with E-state index in [4.69, 9.17) is 33.2 Å². The number of hydrogen-bond acceptors (Lipinski definition) is 15. The molecule has 52 heavy (non-hydrogen) atoms. The second-order valence-electron chi connectivity index (χ2n) is 11.8. The van der Waals surface area contributed by atoms with E-state index in [2.05, 4.69) is 30.3 Å². The molecule has 5 aromatic rings. The molecule has 0 spiro atoms. The summed E-state index contributed by atoms with van der Waals surface area (Å²) in [6.07, 6.45) is -6.16. The quantitative estimate of drug-likeness (QED) is 0.115. The van der Waals surface area contributed by atoms with Crippen molar-refractivity contribution < 1.29 is 52.3 Å². The van der Waals surface area contributed by atoms with Gasteiger partial charge in [0.15, 0.2) is 12.2 Å². The second kappa shape index (κ2) is 15.0. The number of carbonyl (C=O) groups excluding carboxylic acids is 3. The van der Waals surface area contributed by atoms with Gasteiger partial charge in [-0.3, -0.25) is 4.57 Å². The maximum absolute atomic E-state index is 13.6. The van der Waals surface area contributed by atoms with Crippen LogP contribution < -0.4 is 4.74 Å². The van der Waals surface area contributed by atoms with E-state index in [0.717, 1.165) is 22.3 Å². The van der Waals surface area contributed by atoms with Gasteiger partial charge in [-0.25, -0.2) is 14.4 Å². The normalized spacial score (nSPS) is 19.8. The molecule has 1 unspecified atom stereocenters. The Morgan fingerprint density at radius 1 is 0.904 bits per heavy atom. The van der Waals surface area contributed by atoms with Gasteiger partial charge in [0.2, 0.25) is 12.1 Å². The Bertz CT molecular complexity index is 2050. The van der Waals surface area contributed by atoms with Gasteiger partial charge in [-0.05, 0) is 41.0 Å². The SMILES string of the molecule is CCOc1nc2cccc(C(=O)OC(C)OC(=O)O[C@@H]3CO[C@@H]4[C@H]3OC[C@H]4OC(=O)OC)c2n1Cc1ccc(-c2ccccc2-c2nn[nH]n2)cc1. The predicted octanol–water partition coefficient (Wildman–Crippen LogP) is 4.30. The molecule has 0 radical (unpaired) electrons. The van der Waals surface area contributed by atoms with Gasteiger partial charge in [0.1, 0.15) is 12.2 Å². The van der Waals surface area contributed by atoms with Gasteiger partial charge < -0.3 is 37.9 Å². The molecule has 2 aromatic heterocycles. The molecule has 4 heterocycles. The number of esters is 1. The molecule has 2 saturated heterocycles. The molecule has 17 heteroatoms. The van der Waals surface area contributed by atoms with Crippen molar-refractivity contribution in [2.45, 2.75) is 51.1 Å². The zero-order chi connectivity index (χ0) is 36.2. The summed E-state index contributed by atoms with van der Waals surface area (Å²) >= 11 is 0. The fourth-order valence-electron chi connectivity index (χ4n) is 6.22. The predicted molar refractivity (Wildman–Crippen MR) is 178 cm³/mol. The van der Waals surface area contributed by atoms with Gasteiger partial charge >= 0.3 is 18.3 Å². The van der Waals surface area contributed by atoms with Crippen molar-refractivity contribution in [2.75, 3.05) is 26.9 Å². The summed E-state index contributed by atoms with van der Waals surface area (Å²) in [6.45, 7) is 3.94. The molecule has 3 aromatic carbocycles. The standard InChI is InChI=1S/C35H34N6O11/c1-4-46-33-36-25-11-7-10-24(32(42)49-19(2)50-35(44)52-27-18-48-29-26(17-47-30(27)29)51-34(43)45-3)28(25)41(33)16-20-12-14-21(15-13-20)22-8-5-6-9-23(22)31-37-39-40-38-31/h5-15,19,26-27,29-30H,4,16-18H2,1-3H3,(H,37,38,39,40)/t19?,26-,27-,29+,30+/m1/s1. The third-order valence-corrected chi connectivity index (χ3v) is 8.50. The van der Waals surface area contributed by atoms with E-state index in [1.807, 2.05) is 55.5 Å². The van der Waals surface area contributed by atoms with Crippen LogP contribution in [0.3, 0.4) is 0 Å². The largest absolute Gasteiger partial charge is 0.511 e. The topological polar surface area (TPSA) is 197 Å². The van der Waals surface area contributed by atoms with Crippen molar-refractivity contribution in [3.05, 3.63) is 77.9 Å². The molecule has 2 fully saturated rings. The highest BCUT2D eigenvalue weighted by Crippen LogP contribution is 2.33. The summed E-state index contributed by atoms with van der Waals surface area (Å²) < 4.78 is 44.8. The van der Waals surface area contributed by atoms with Gasteiger partial charge in [0, 0.05) is 12.5 Å². The number of carbonyl (C=O) groups is 3. The number of tetrazole rings is 1. The summed E-state index contributed by atoms with van der Waals surface area (Å²) in [4.78, 5) is 42.4. The first-order valence-electron chi connectivity index (χ1n) is 16.4. The van der Waals surface area contributed by atoms with Crippen LogP contribution in [0, 0.1) is 0 Å². The number of aromatic nitrogens is 6. The first-order valence-corrected chi connectivity index (χ1v) is 16.4. The Labute approximate surface area is 296 Å². The van der Waals surface area contributed by atoms with Crippen LogP contribution in [0.1, 0.15) is 29.8 Å². The van der Waals surface area contributed by atoms with E-state index < -0.39 is 49.0 Å². The van der Waals surface area contributed by atoms with E-state index in [1.54, 1.807) is 22.8 Å². The number of H-pyrrole nitrogens is 1. The molecule has 1 N–H and O–H groups in total. The van der Waals surface area contributed by atoms with Gasteiger partial charge in [0.05, 0.1) is 50.1 Å². The molecule has 5 atom stereocenters. The van der Waals surface area contributed by atoms with Crippen molar-refractivity contribution >= 4 is 29.3 Å². The van der Waals surface area contributed by atoms with Crippen molar-refractivity contribution in [3.63, 3.8) is 0 Å². The Morgan fingerprint density at radius 3 is 2.29 bits per heavy atom. The molecule has 7 rings (SSSR count). The second-order valence-corrected chi connectivity index (χ2v) is 11.8. The number of aromatic amines is 1. The molecular weight excluding hydrogens is 680 g/mol. The molecule has 0 saturated carbocycles. The number of para-hydroxylation sites is 1. The average molecular weight is 715 g/mol. The number of nitrogens with zero attached hydrogens (tertiary/aromatic N) is 5. The van der Waals surface area contributed by atoms with Gasteiger partial charge in [-0.1, -0.05) is 54.6 Å². The van der Waals surface area contributed by atoms with Crippen LogP contribution in [0.5, 0.6) is 6.01 Å². The number of hydrogen-bond donors (Lipinski definition) is 1. The summed E-state index contributed by atoms with van der Waals surface area (Å²) in [5.41, 5.74) is 4.82. The lowest BCUT2D eigenvalue weighted by molar-refractivity contribution is -0.0988. The number of nitrogens with one attached hydrogen (secondary N) is 1. The van der Waals surface area contributed by atoms with Crippen LogP contribution >= 0.6 is 0 Å². The van der Waals surface area contributed by atoms with Gasteiger partial charge in [-0.2, -0.15) is 10.2 Å². The van der Waals surface area contributed by atoms with E-state index >= 15 is 0 Å². The zero-order valence-corrected chi connectivity index (χ0v) is 28.3. The Morgan fingerprint density at radius 2 is 1.62 bits per heavy atom. The number of ether oxygens (including phenoxy) is 8. The van der Waals surface area contributed by atoms with E-state index in [1.165, 1.54) is 14.0 Å². The first-order chi connectivity index (χ1) is 25.3. The van der Waals surface area contributed by atoms with Gasteiger partial charge in [-0.15, -0.1) is 10.2 Å². The minimum absolute atomic E-state index is 0.00986. The highest BCUT2D eigenvalue weighted by Gasteiger charge is 2.51. The Kier molecular flexibility index (Phi) is 9.94. The molecule has 0 aliphatic carbocycles. The fraction of sp³-hybridized carbons (Fsp3) is 0.343. The number of benzene rings is 3. The van der Waals surface area contributed by atoms with Crippen molar-refractivity contribution in [3.8, 4) is 28.5 Å². The summed E-state index contributed by atoms with van der Waals surface area (Å²) in [6, 6.07) is 21.1. The van der Waals surface area contributed by atoms with Crippen molar-refractivity contribution in [1.82, 2.24) is 30.2 Å². The van der Waals surface area contributed by atoms with E-state index in [0.29, 0.717) is 36.0 Å². The molecule has 17 nitrogen and oxygen atoms in total. The number of methoxy groups -OCH3 is 1. The van der Waals surface area contributed by atoms with Crippen LogP contribution in [0.4, 0.5) is 9.59 Å². The minimum Gasteiger partial charge on any atom is -0.465 e. The van der Waals surface area contributed by atoms with Crippen LogP contribution in [0.15, 0.2) is 66.7 Å². The minimum atomic E-state index is -1.32. The molecule has 2 aliphatic heterocycles. The highest BCUT2D eigenvalue weighted by molar-refractivity contribution is 6.02. The Hall–Kier alpha value is -6.07. The average Bonchev–Trinajstić information content (AvgIpc) is 3.96. The molecular formula is C35H34N6O11. The molecule has 0 bridgehead atoms. The number of rotatable bonds is 11. The molecule has 0 amide bonds. The van der Waals surface area contributed by atoms with Crippen LogP contribution in [0.2, 0.25) is 0 Å². The Balaban J connectivity index is 1.04. The highest BCUT2D eigenvalue weighted by atomic mass is 16.8. The van der Waals surface area contributed by atoms with Crippen molar-refractivity contribution in [1.29, 1.82) is 0 Å². The summed E-state index contributed by atoms with van der Waals surface area (Å²) in [5.74, 6) is -0.265. The maximum Gasteiger partial charge on any atom is 0.511 e. The van der Waals surface area contributed by atoms with Gasteiger partial charge in [0.25, 0.3) is 6.01 Å². The lowest BCUT2D eigenvalue weighted by Crippen LogP contribution is -2.36. The lowest BCUT2D eigenvalue weighted by atomic mass is 9.98. The molecule has 2 aliphatic rings. The third kappa shape index (κ3) is 7.08. The lowest BCUT2D eigenvalue weighted by Gasteiger charge is -2.19. The van der Waals surface area contributed by atoms with E-state index in [-0.39, 0.29) is 18.8 Å². The van der Waals surface area contributed by atoms with Crippen LogP contribution in [0.25, 0.3) is 33.5 Å². The summed E-state index contributed by atoms with van der Waals surface area (Å²) in [7, 11) is 1.19. The number of fused-ring (bicyclic) bond motifs is 2. The first kappa shape index (κ1) is 34.4. The number of imidazole rings is 1. The fourth-order valence-corrected chi connectivity index (χ4v) is 6.22. The third-order valence-electron chi connectivity index (χ3n) is 8.50. The molecule has 270 valence electrons. The monoisotopic (exact) mass is 714 g/mol. The smallest absolute Gasteiger partial charge is 0.465 e. The maximum atomic E-state index is 13.6. The van der Waals surface area contributed by atoms with Crippen molar-refractivity contribution in [2.24, 2.45) is 0 Å².